The van der Waals surface area contributed by atoms with Crippen molar-refractivity contribution in [1.29, 1.82) is 0 Å². The smallest absolute Gasteiger partial charge is 0.243 e. The van der Waals surface area contributed by atoms with E-state index in [0.29, 0.717) is 18.5 Å². The van der Waals surface area contributed by atoms with Gasteiger partial charge in [0.05, 0.1) is 11.9 Å². The summed E-state index contributed by atoms with van der Waals surface area (Å²) in [5.74, 6) is -0.788. The van der Waals surface area contributed by atoms with Crippen molar-refractivity contribution in [3.63, 3.8) is 0 Å². The van der Waals surface area contributed by atoms with Gasteiger partial charge in [-0.1, -0.05) is 38.0 Å². The van der Waals surface area contributed by atoms with Crippen LogP contribution >= 0.6 is 0 Å². The molecule has 1 aliphatic carbocycles. The average Bonchev–Trinajstić information content (AvgIpc) is 3.37. The molecule has 0 spiro atoms. The minimum absolute atomic E-state index is 0.0747. The fraction of sp³-hybridized carbons (Fsp3) is 0.517. The van der Waals surface area contributed by atoms with E-state index in [0.717, 1.165) is 48.6 Å². The summed E-state index contributed by atoms with van der Waals surface area (Å²) in [4.78, 5) is 28.3. The Kier molecular flexibility index (Phi) is 10.3. The highest BCUT2D eigenvalue weighted by Gasteiger charge is 2.30. The van der Waals surface area contributed by atoms with Gasteiger partial charge in [0.1, 0.15) is 11.9 Å². The summed E-state index contributed by atoms with van der Waals surface area (Å²) in [7, 11) is -3.56. The topological polar surface area (TPSA) is 86.8 Å². The van der Waals surface area contributed by atoms with Crippen molar-refractivity contribution >= 4 is 27.5 Å². The lowest BCUT2D eigenvalue weighted by atomic mass is 10.1. The van der Waals surface area contributed by atoms with Crippen LogP contribution in [0.3, 0.4) is 0 Å². The van der Waals surface area contributed by atoms with Crippen molar-refractivity contribution in [2.24, 2.45) is 0 Å². The first-order valence-electron chi connectivity index (χ1n) is 13.4. The van der Waals surface area contributed by atoms with Crippen molar-refractivity contribution < 1.29 is 22.4 Å². The highest BCUT2D eigenvalue weighted by atomic mass is 32.2. The van der Waals surface area contributed by atoms with Crippen LogP contribution < -0.4 is 9.62 Å². The molecule has 2 amide bonds. The Bertz CT molecular complexity index is 1210. The van der Waals surface area contributed by atoms with E-state index in [2.05, 4.69) is 5.32 Å². The number of sulfonamides is 1. The minimum atomic E-state index is -3.56. The molecule has 0 saturated heterocycles. The third-order valence-corrected chi connectivity index (χ3v) is 8.48. The maximum atomic E-state index is 13.5. The minimum Gasteiger partial charge on any atom is -0.352 e. The standard InChI is InChI=1S/C29H40FN3O4S/c1-5-27(29(35)31-25-9-6-7-10-25)32(20-23-13-15-24(30)16-14-23)28(34)11-8-18-33(38(4,36)37)26-17-12-21(2)22(3)19-26/h12-17,19,25,27H,5-11,18,20H2,1-4H3,(H,31,35)/t27-/m1/s1. The first-order valence-corrected chi connectivity index (χ1v) is 15.2. The molecule has 1 fully saturated rings. The van der Waals surface area contributed by atoms with Crippen LogP contribution in [0.15, 0.2) is 42.5 Å². The SMILES string of the molecule is CC[C@H](C(=O)NC1CCCC1)N(Cc1ccc(F)cc1)C(=O)CCCN(c1ccc(C)c(C)c1)S(C)(=O)=O. The van der Waals surface area contributed by atoms with Crippen molar-refractivity contribution in [3.05, 3.63) is 65.0 Å². The maximum Gasteiger partial charge on any atom is 0.243 e. The number of carbonyl (C=O) groups is 2. The van der Waals surface area contributed by atoms with Gasteiger partial charge in [-0.15, -0.1) is 0 Å². The first kappa shape index (κ1) is 29.6. The number of hydrogen-bond donors (Lipinski definition) is 1. The quantitative estimate of drug-likeness (QED) is 0.413. The van der Waals surface area contributed by atoms with Crippen LogP contribution in [-0.2, 0) is 26.2 Å². The Labute approximate surface area is 226 Å². The molecule has 0 radical (unpaired) electrons. The van der Waals surface area contributed by atoms with Crippen LogP contribution in [0.5, 0.6) is 0 Å². The van der Waals surface area contributed by atoms with E-state index in [1.807, 2.05) is 32.9 Å². The molecular formula is C29H40FN3O4S. The van der Waals surface area contributed by atoms with E-state index in [9.17, 15) is 22.4 Å². The third-order valence-electron chi connectivity index (χ3n) is 7.28. The highest BCUT2D eigenvalue weighted by Crippen LogP contribution is 2.23. The fourth-order valence-corrected chi connectivity index (χ4v) is 5.92. The van der Waals surface area contributed by atoms with E-state index in [-0.39, 0.29) is 43.2 Å². The Hall–Kier alpha value is -2.94. The molecule has 208 valence electrons. The van der Waals surface area contributed by atoms with Gasteiger partial charge in [-0.25, -0.2) is 12.8 Å². The molecule has 0 unspecified atom stereocenters. The number of nitrogens with one attached hydrogen (secondary N) is 1. The number of benzene rings is 2. The molecule has 0 aliphatic heterocycles. The first-order chi connectivity index (χ1) is 18.0. The summed E-state index contributed by atoms with van der Waals surface area (Å²) >= 11 is 0. The predicted octanol–water partition coefficient (Wildman–Crippen LogP) is 4.85. The van der Waals surface area contributed by atoms with Gasteiger partial charge in [-0.3, -0.25) is 13.9 Å². The zero-order valence-electron chi connectivity index (χ0n) is 22.9. The van der Waals surface area contributed by atoms with Crippen LogP contribution in [0, 0.1) is 19.7 Å². The van der Waals surface area contributed by atoms with E-state index in [1.165, 1.54) is 16.4 Å². The zero-order chi connectivity index (χ0) is 27.9. The van der Waals surface area contributed by atoms with E-state index in [4.69, 9.17) is 0 Å². The average molecular weight is 546 g/mol. The van der Waals surface area contributed by atoms with Gasteiger partial charge in [0.2, 0.25) is 21.8 Å². The lowest BCUT2D eigenvalue weighted by Gasteiger charge is -2.32. The molecule has 3 rings (SSSR count). The summed E-state index contributed by atoms with van der Waals surface area (Å²) in [5.41, 5.74) is 3.33. The second kappa shape index (κ2) is 13.2. The lowest BCUT2D eigenvalue weighted by Crippen LogP contribution is -2.51. The van der Waals surface area contributed by atoms with Gasteiger partial charge in [0, 0.05) is 25.6 Å². The number of carbonyl (C=O) groups excluding carboxylic acids is 2. The maximum absolute atomic E-state index is 13.5. The van der Waals surface area contributed by atoms with E-state index in [1.54, 1.807) is 23.1 Å². The van der Waals surface area contributed by atoms with E-state index >= 15 is 0 Å². The number of nitrogens with zero attached hydrogens (tertiary/aromatic N) is 2. The summed E-state index contributed by atoms with van der Waals surface area (Å²) in [6, 6.07) is 10.8. The Morgan fingerprint density at radius 1 is 1.05 bits per heavy atom. The van der Waals surface area contributed by atoms with Gasteiger partial charge < -0.3 is 10.2 Å². The Balaban J connectivity index is 1.76. The van der Waals surface area contributed by atoms with Crippen LogP contribution in [0.2, 0.25) is 0 Å². The van der Waals surface area contributed by atoms with Crippen molar-refractivity contribution in [1.82, 2.24) is 10.2 Å². The number of rotatable bonds is 12. The van der Waals surface area contributed by atoms with Gasteiger partial charge >= 0.3 is 0 Å². The van der Waals surface area contributed by atoms with Crippen molar-refractivity contribution in [2.75, 3.05) is 17.1 Å². The van der Waals surface area contributed by atoms with Crippen molar-refractivity contribution in [2.45, 2.75) is 84.3 Å². The van der Waals surface area contributed by atoms with Crippen LogP contribution in [0.1, 0.15) is 68.6 Å². The van der Waals surface area contributed by atoms with E-state index < -0.39 is 16.1 Å². The highest BCUT2D eigenvalue weighted by molar-refractivity contribution is 7.92. The largest absolute Gasteiger partial charge is 0.352 e. The monoisotopic (exact) mass is 545 g/mol. The van der Waals surface area contributed by atoms with Gasteiger partial charge in [0.15, 0.2) is 0 Å². The zero-order valence-corrected chi connectivity index (χ0v) is 23.7. The summed E-state index contributed by atoms with van der Waals surface area (Å²) < 4.78 is 39.9. The molecule has 9 heteroatoms. The Morgan fingerprint density at radius 2 is 1.71 bits per heavy atom. The summed E-state index contributed by atoms with van der Waals surface area (Å²) in [6.45, 7) is 6.07. The molecule has 7 nitrogen and oxygen atoms in total. The van der Waals surface area contributed by atoms with Crippen LogP contribution in [0.4, 0.5) is 10.1 Å². The second-order valence-electron chi connectivity index (χ2n) is 10.3. The number of hydrogen-bond acceptors (Lipinski definition) is 4. The number of aryl methyl sites for hydroxylation is 2. The second-order valence-corrected chi connectivity index (χ2v) is 12.2. The van der Waals surface area contributed by atoms with Crippen molar-refractivity contribution in [3.8, 4) is 0 Å². The molecule has 0 bridgehead atoms. The molecule has 2 aromatic rings. The lowest BCUT2D eigenvalue weighted by molar-refractivity contribution is -0.141. The molecule has 1 atom stereocenters. The van der Waals surface area contributed by atoms with Gasteiger partial charge in [-0.2, -0.15) is 0 Å². The molecule has 0 heterocycles. The normalized spacial score (nSPS) is 14.8. The number of amides is 2. The molecular weight excluding hydrogens is 505 g/mol. The number of anilines is 1. The van der Waals surface area contributed by atoms with Crippen LogP contribution in [0.25, 0.3) is 0 Å². The van der Waals surface area contributed by atoms with Gasteiger partial charge in [-0.05, 0) is 80.5 Å². The molecule has 1 saturated carbocycles. The third kappa shape index (κ3) is 8.03. The molecule has 0 aromatic heterocycles. The molecule has 1 N–H and O–H groups in total. The molecule has 2 aromatic carbocycles. The molecule has 38 heavy (non-hydrogen) atoms. The summed E-state index contributed by atoms with van der Waals surface area (Å²) in [5, 5.41) is 3.11. The van der Waals surface area contributed by atoms with Crippen LogP contribution in [-0.4, -0.2) is 50.0 Å². The molecule has 1 aliphatic rings. The van der Waals surface area contributed by atoms with Gasteiger partial charge in [0.25, 0.3) is 0 Å². The summed E-state index contributed by atoms with van der Waals surface area (Å²) in [6.07, 6.45) is 6.00. The predicted molar refractivity (Wildman–Crippen MR) is 149 cm³/mol. The fourth-order valence-electron chi connectivity index (χ4n) is 4.96. The Morgan fingerprint density at radius 3 is 2.29 bits per heavy atom. The number of halogens is 1.